The molecule has 1 aromatic heterocycles. The Morgan fingerprint density at radius 1 is 1.24 bits per heavy atom. The summed E-state index contributed by atoms with van der Waals surface area (Å²) in [5, 5.41) is 19.5. The summed E-state index contributed by atoms with van der Waals surface area (Å²) in [4.78, 5) is 13.3. The van der Waals surface area contributed by atoms with E-state index in [-0.39, 0.29) is 23.6 Å². The molecule has 0 aliphatic carbocycles. The van der Waals surface area contributed by atoms with E-state index in [1.165, 1.54) is 6.07 Å². The molecule has 0 spiro atoms. The number of ether oxygens (including phenoxy) is 1. The summed E-state index contributed by atoms with van der Waals surface area (Å²) in [6.45, 7) is 2.54. The number of aliphatic hydroxyl groups is 1. The first-order valence-electron chi connectivity index (χ1n) is 9.58. The van der Waals surface area contributed by atoms with Crippen LogP contribution in [0.1, 0.15) is 47.9 Å². The number of unbranched alkanes of at least 4 members (excludes halogenated alkanes) is 1. The van der Waals surface area contributed by atoms with Gasteiger partial charge in [-0.2, -0.15) is 0 Å². The number of aromatic hydroxyl groups is 1. The summed E-state index contributed by atoms with van der Waals surface area (Å²) in [7, 11) is 5.83. The molecule has 0 unspecified atom stereocenters. The highest BCUT2D eigenvalue weighted by molar-refractivity contribution is 9.10. The van der Waals surface area contributed by atoms with Gasteiger partial charge in [0.1, 0.15) is 30.7 Å². The second-order valence-corrected chi connectivity index (χ2v) is 7.67. The Hall–Kier alpha value is -2.25. The van der Waals surface area contributed by atoms with Gasteiger partial charge in [-0.25, -0.2) is 0 Å². The summed E-state index contributed by atoms with van der Waals surface area (Å²) < 4.78 is 12.0. The van der Waals surface area contributed by atoms with Crippen LogP contribution < -0.4 is 10.2 Å². The molecule has 0 atom stereocenters. The van der Waals surface area contributed by atoms with Gasteiger partial charge in [0.15, 0.2) is 5.78 Å². The van der Waals surface area contributed by atoms with Gasteiger partial charge in [-0.05, 0) is 40.5 Å². The first-order chi connectivity index (χ1) is 14.0. The zero-order valence-corrected chi connectivity index (χ0v) is 17.8. The number of phenols is 1. The van der Waals surface area contributed by atoms with E-state index in [9.17, 15) is 9.90 Å². The van der Waals surface area contributed by atoms with E-state index in [4.69, 9.17) is 22.1 Å². The first kappa shape index (κ1) is 21.5. The van der Waals surface area contributed by atoms with Crippen LogP contribution in [-0.4, -0.2) is 37.1 Å². The highest BCUT2D eigenvalue weighted by Crippen LogP contribution is 2.33. The van der Waals surface area contributed by atoms with Crippen LogP contribution in [0.3, 0.4) is 0 Å². The number of rotatable bonds is 9. The number of furan rings is 1. The maximum Gasteiger partial charge on any atom is 0.197 e. The Morgan fingerprint density at radius 3 is 2.72 bits per heavy atom. The highest BCUT2D eigenvalue weighted by Gasteiger charge is 2.23. The third-order valence-corrected chi connectivity index (χ3v) is 5.25. The van der Waals surface area contributed by atoms with E-state index in [0.717, 1.165) is 12.8 Å². The SMILES string of the molecule is [B]c1cc(C(=O)c2c(CCCC)oc3cc(OCCCO)ccc23)cc(Br)c1O. The second kappa shape index (κ2) is 9.50. The first-order valence-corrected chi connectivity index (χ1v) is 10.4. The Morgan fingerprint density at radius 2 is 2.03 bits per heavy atom. The molecule has 0 aliphatic heterocycles. The highest BCUT2D eigenvalue weighted by atomic mass is 79.9. The molecule has 5 nitrogen and oxygen atoms in total. The van der Waals surface area contributed by atoms with Gasteiger partial charge in [-0.3, -0.25) is 4.79 Å². The van der Waals surface area contributed by atoms with E-state index in [1.807, 2.05) is 6.07 Å². The average molecular weight is 457 g/mol. The van der Waals surface area contributed by atoms with E-state index < -0.39 is 0 Å². The smallest absolute Gasteiger partial charge is 0.197 e. The molecule has 2 aromatic carbocycles. The average Bonchev–Trinajstić information content (AvgIpc) is 3.07. The molecule has 0 saturated heterocycles. The van der Waals surface area contributed by atoms with Crippen LogP contribution in [0.5, 0.6) is 11.5 Å². The van der Waals surface area contributed by atoms with Gasteiger partial charge in [0.25, 0.3) is 0 Å². The minimum atomic E-state index is -0.212. The molecule has 2 N–H and O–H groups in total. The number of carbonyl (C=O) groups excluding carboxylic acids is 1. The summed E-state index contributed by atoms with van der Waals surface area (Å²) in [5.41, 5.74) is 1.58. The normalized spacial score (nSPS) is 11.1. The lowest BCUT2D eigenvalue weighted by Crippen LogP contribution is -2.11. The number of carbonyl (C=O) groups is 1. The second-order valence-electron chi connectivity index (χ2n) is 6.81. The van der Waals surface area contributed by atoms with Crippen molar-refractivity contribution in [1.29, 1.82) is 0 Å². The number of benzene rings is 2. The molecule has 0 saturated carbocycles. The van der Waals surface area contributed by atoms with Crippen molar-refractivity contribution in [2.75, 3.05) is 13.2 Å². The number of hydrogen-bond acceptors (Lipinski definition) is 5. The standard InChI is InChI=1S/C22H22BBrO5/c1-2-3-5-18-20(21(26)13-10-16(23)22(27)17(24)11-13)15-7-6-14(12-19(15)29-18)28-9-4-8-25/h6-7,10-12,25,27H,2-5,8-9H2,1H3. The van der Waals surface area contributed by atoms with Gasteiger partial charge in [0.2, 0.25) is 0 Å². The molecule has 0 bridgehead atoms. The lowest BCUT2D eigenvalue weighted by Gasteiger charge is -2.08. The van der Waals surface area contributed by atoms with Gasteiger partial charge in [0, 0.05) is 36.5 Å². The fraction of sp³-hybridized carbons (Fsp3) is 0.318. The third-order valence-electron chi connectivity index (χ3n) is 4.65. The minimum Gasteiger partial charge on any atom is -0.507 e. The van der Waals surface area contributed by atoms with Crippen molar-refractivity contribution < 1.29 is 24.2 Å². The molecule has 1 heterocycles. The van der Waals surface area contributed by atoms with Gasteiger partial charge in [0.05, 0.1) is 16.6 Å². The molecule has 0 fully saturated rings. The zero-order valence-electron chi connectivity index (χ0n) is 16.2. The quantitative estimate of drug-likeness (QED) is 0.288. The van der Waals surface area contributed by atoms with Crippen molar-refractivity contribution in [3.05, 3.63) is 51.7 Å². The van der Waals surface area contributed by atoms with Crippen LogP contribution >= 0.6 is 15.9 Å². The van der Waals surface area contributed by atoms with E-state index in [0.29, 0.717) is 57.5 Å². The molecule has 150 valence electrons. The number of hydrogen-bond donors (Lipinski definition) is 2. The van der Waals surface area contributed by atoms with Crippen molar-refractivity contribution in [2.24, 2.45) is 0 Å². The largest absolute Gasteiger partial charge is 0.507 e. The molecule has 2 radical (unpaired) electrons. The Balaban J connectivity index is 2.05. The van der Waals surface area contributed by atoms with Crippen LogP contribution in [0.4, 0.5) is 0 Å². The van der Waals surface area contributed by atoms with Crippen molar-refractivity contribution in [3.63, 3.8) is 0 Å². The number of aliphatic hydroxyl groups excluding tert-OH is 1. The number of aryl methyl sites for hydroxylation is 1. The number of phenolic OH excluding ortho intramolecular Hbond substituents is 1. The van der Waals surface area contributed by atoms with Crippen molar-refractivity contribution in [1.82, 2.24) is 0 Å². The van der Waals surface area contributed by atoms with Crippen LogP contribution in [0.2, 0.25) is 0 Å². The summed E-state index contributed by atoms with van der Waals surface area (Å²) in [6, 6.07) is 8.39. The van der Waals surface area contributed by atoms with Gasteiger partial charge in [-0.1, -0.05) is 24.9 Å². The lowest BCUT2D eigenvalue weighted by molar-refractivity contribution is 0.103. The lowest BCUT2D eigenvalue weighted by atomic mass is 9.90. The summed E-state index contributed by atoms with van der Waals surface area (Å²) in [5.74, 6) is 0.949. The maximum absolute atomic E-state index is 13.3. The molecule has 0 amide bonds. The number of fused-ring (bicyclic) bond motifs is 1. The summed E-state index contributed by atoms with van der Waals surface area (Å²) in [6.07, 6.45) is 3.04. The number of halogens is 1. The van der Waals surface area contributed by atoms with Crippen LogP contribution in [0, 0.1) is 0 Å². The van der Waals surface area contributed by atoms with Gasteiger partial charge in [-0.15, -0.1) is 0 Å². The fourth-order valence-electron chi connectivity index (χ4n) is 3.13. The van der Waals surface area contributed by atoms with Gasteiger partial charge >= 0.3 is 0 Å². The fourth-order valence-corrected chi connectivity index (χ4v) is 3.61. The van der Waals surface area contributed by atoms with E-state index in [1.54, 1.807) is 18.2 Å². The monoisotopic (exact) mass is 456 g/mol. The number of ketones is 1. The predicted octanol–water partition coefficient (Wildman–Crippen LogP) is 4.03. The van der Waals surface area contributed by atoms with Crippen LogP contribution in [0.15, 0.2) is 39.2 Å². The Kier molecular flexibility index (Phi) is 7.03. The molecule has 29 heavy (non-hydrogen) atoms. The molecule has 7 heteroatoms. The Bertz CT molecular complexity index is 1000. The Labute approximate surface area is 179 Å². The van der Waals surface area contributed by atoms with Crippen molar-refractivity contribution >= 4 is 46.0 Å². The molecular weight excluding hydrogens is 435 g/mol. The zero-order chi connectivity index (χ0) is 21.0. The molecule has 3 aromatic rings. The maximum atomic E-state index is 13.3. The van der Waals surface area contributed by atoms with Gasteiger partial charge < -0.3 is 19.4 Å². The molecule has 3 rings (SSSR count). The van der Waals surface area contributed by atoms with E-state index in [2.05, 4.69) is 22.9 Å². The van der Waals surface area contributed by atoms with Crippen molar-refractivity contribution in [3.8, 4) is 11.5 Å². The van der Waals surface area contributed by atoms with Crippen LogP contribution in [-0.2, 0) is 6.42 Å². The summed E-state index contributed by atoms with van der Waals surface area (Å²) >= 11 is 3.24. The van der Waals surface area contributed by atoms with E-state index >= 15 is 0 Å². The third kappa shape index (κ3) is 4.68. The predicted molar refractivity (Wildman–Crippen MR) is 117 cm³/mol. The van der Waals surface area contributed by atoms with Crippen molar-refractivity contribution in [2.45, 2.75) is 32.6 Å². The molecular formula is C22H22BBrO5. The minimum absolute atomic E-state index is 0.0636. The molecule has 0 aliphatic rings. The topological polar surface area (TPSA) is 79.9 Å². The van der Waals surface area contributed by atoms with Crippen LogP contribution in [0.25, 0.3) is 11.0 Å².